The van der Waals surface area contributed by atoms with E-state index in [0.717, 1.165) is 48.5 Å². The third kappa shape index (κ3) is 4.54. The van der Waals surface area contributed by atoms with Crippen molar-refractivity contribution in [1.29, 1.82) is 0 Å². The Bertz CT molecular complexity index is 1460. The summed E-state index contributed by atoms with van der Waals surface area (Å²) in [6, 6.07) is 13.5. The van der Waals surface area contributed by atoms with Gasteiger partial charge in [0.25, 0.3) is 5.91 Å². The smallest absolute Gasteiger partial charge is 0.274 e. The van der Waals surface area contributed by atoms with Crippen molar-refractivity contribution in [3.05, 3.63) is 76.3 Å². The zero-order valence-electron chi connectivity index (χ0n) is 20.3. The predicted octanol–water partition coefficient (Wildman–Crippen LogP) is 4.99. The SMILES string of the molecule is COc1ccc(Cl)c(C(=O)N2CCC3CCC2CN3Cc2c(-c3ccc(Cl)cn3)nc3ccccn23)n1. The molecule has 37 heavy (non-hydrogen) atoms. The second kappa shape index (κ2) is 9.93. The fourth-order valence-corrected chi connectivity index (χ4v) is 5.82. The van der Waals surface area contributed by atoms with Gasteiger partial charge in [-0.15, -0.1) is 0 Å². The first kappa shape index (κ1) is 24.2. The lowest BCUT2D eigenvalue weighted by atomic mass is 9.98. The van der Waals surface area contributed by atoms with E-state index in [1.54, 1.807) is 18.3 Å². The number of hydrogen-bond donors (Lipinski definition) is 0. The molecule has 0 N–H and O–H groups in total. The summed E-state index contributed by atoms with van der Waals surface area (Å²) < 4.78 is 7.36. The number of halogens is 2. The molecule has 190 valence electrons. The molecule has 2 atom stereocenters. The fraction of sp³-hybridized carbons (Fsp3) is 0.333. The minimum Gasteiger partial charge on any atom is -0.481 e. The average molecular weight is 537 g/mol. The van der Waals surface area contributed by atoms with Crippen molar-refractivity contribution >= 4 is 34.8 Å². The Morgan fingerprint density at radius 1 is 1.05 bits per heavy atom. The number of hydrogen-bond acceptors (Lipinski definition) is 6. The number of imidazole rings is 1. The summed E-state index contributed by atoms with van der Waals surface area (Å²) in [5.41, 5.74) is 3.84. The summed E-state index contributed by atoms with van der Waals surface area (Å²) in [5.74, 6) is 0.238. The molecule has 3 saturated heterocycles. The van der Waals surface area contributed by atoms with E-state index in [0.29, 0.717) is 35.1 Å². The lowest BCUT2D eigenvalue weighted by Gasteiger charge is -2.38. The van der Waals surface area contributed by atoms with Crippen LogP contribution in [0.2, 0.25) is 10.0 Å². The highest BCUT2D eigenvalue weighted by Gasteiger charge is 2.39. The van der Waals surface area contributed by atoms with Gasteiger partial charge in [-0.3, -0.25) is 14.7 Å². The zero-order chi connectivity index (χ0) is 25.5. The van der Waals surface area contributed by atoms with Gasteiger partial charge in [-0.2, -0.15) is 0 Å². The topological polar surface area (TPSA) is 75.9 Å². The van der Waals surface area contributed by atoms with Crippen molar-refractivity contribution < 1.29 is 9.53 Å². The molecule has 0 radical (unpaired) electrons. The number of methoxy groups -OCH3 is 1. The van der Waals surface area contributed by atoms with Crippen molar-refractivity contribution in [1.82, 2.24) is 29.2 Å². The number of carbonyl (C=O) groups is 1. The molecule has 2 unspecified atom stereocenters. The summed E-state index contributed by atoms with van der Waals surface area (Å²) in [7, 11) is 1.53. The Hall–Kier alpha value is -3.20. The molecular formula is C27H26Cl2N6O2. The van der Waals surface area contributed by atoms with Gasteiger partial charge in [0, 0.05) is 50.2 Å². The van der Waals surface area contributed by atoms with Gasteiger partial charge >= 0.3 is 0 Å². The normalized spacial score (nSPS) is 19.8. The van der Waals surface area contributed by atoms with Gasteiger partial charge < -0.3 is 14.0 Å². The quantitative estimate of drug-likeness (QED) is 0.357. The van der Waals surface area contributed by atoms with E-state index in [1.807, 2.05) is 41.4 Å². The Labute approximate surface area is 224 Å². The van der Waals surface area contributed by atoms with E-state index in [-0.39, 0.29) is 17.6 Å². The molecule has 0 saturated carbocycles. The Kier molecular flexibility index (Phi) is 6.48. The van der Waals surface area contributed by atoms with Crippen LogP contribution in [-0.4, -0.2) is 67.3 Å². The maximum absolute atomic E-state index is 13.6. The van der Waals surface area contributed by atoms with Crippen LogP contribution in [0.1, 0.15) is 35.4 Å². The minimum atomic E-state index is -0.141. The number of rotatable bonds is 5. The summed E-state index contributed by atoms with van der Waals surface area (Å²) in [6.07, 6.45) is 6.56. The van der Waals surface area contributed by atoms with E-state index >= 15 is 0 Å². The number of fused-ring (bicyclic) bond motifs is 5. The summed E-state index contributed by atoms with van der Waals surface area (Å²) in [4.78, 5) is 31.8. The predicted molar refractivity (Wildman–Crippen MR) is 142 cm³/mol. The van der Waals surface area contributed by atoms with Gasteiger partial charge in [-0.25, -0.2) is 9.97 Å². The highest BCUT2D eigenvalue weighted by atomic mass is 35.5. The summed E-state index contributed by atoms with van der Waals surface area (Å²) in [5, 5.41) is 0.932. The molecule has 2 bridgehead atoms. The van der Waals surface area contributed by atoms with Gasteiger partial charge in [-0.1, -0.05) is 29.3 Å². The van der Waals surface area contributed by atoms with Gasteiger partial charge in [0.15, 0.2) is 5.69 Å². The summed E-state index contributed by atoms with van der Waals surface area (Å²) in [6.45, 7) is 2.14. The Morgan fingerprint density at radius 2 is 1.92 bits per heavy atom. The monoisotopic (exact) mass is 536 g/mol. The number of ether oxygens (including phenoxy) is 1. The van der Waals surface area contributed by atoms with Crippen molar-refractivity contribution in [2.24, 2.45) is 0 Å². The zero-order valence-corrected chi connectivity index (χ0v) is 21.9. The first-order valence-electron chi connectivity index (χ1n) is 12.4. The van der Waals surface area contributed by atoms with E-state index in [2.05, 4.69) is 19.3 Å². The van der Waals surface area contributed by atoms with Crippen LogP contribution in [0.3, 0.4) is 0 Å². The molecule has 3 aliphatic heterocycles. The number of piperidine rings is 1. The fourth-order valence-electron chi connectivity index (χ4n) is 5.53. The highest BCUT2D eigenvalue weighted by Crippen LogP contribution is 2.33. The van der Waals surface area contributed by atoms with Crippen LogP contribution >= 0.6 is 23.2 Å². The number of pyridine rings is 3. The largest absolute Gasteiger partial charge is 0.481 e. The molecular weight excluding hydrogens is 511 g/mol. The van der Waals surface area contributed by atoms with Crippen LogP contribution < -0.4 is 4.74 Å². The Balaban J connectivity index is 1.30. The van der Waals surface area contributed by atoms with Crippen molar-refractivity contribution in [3.63, 3.8) is 0 Å². The molecule has 7 heterocycles. The van der Waals surface area contributed by atoms with Gasteiger partial charge in [0.1, 0.15) is 11.3 Å². The summed E-state index contributed by atoms with van der Waals surface area (Å²) >= 11 is 12.5. The first-order valence-corrected chi connectivity index (χ1v) is 13.1. The van der Waals surface area contributed by atoms with Crippen molar-refractivity contribution in [3.8, 4) is 17.3 Å². The molecule has 1 amide bonds. The number of amides is 1. The molecule has 0 aromatic carbocycles. The number of carbonyl (C=O) groups excluding carboxylic acids is 1. The molecule has 0 spiro atoms. The number of nitrogens with zero attached hydrogens (tertiary/aromatic N) is 6. The maximum atomic E-state index is 13.6. The molecule has 4 aromatic heterocycles. The third-order valence-corrected chi connectivity index (χ3v) is 7.91. The van der Waals surface area contributed by atoms with Crippen LogP contribution in [0.25, 0.3) is 17.0 Å². The van der Waals surface area contributed by atoms with Crippen LogP contribution in [0.15, 0.2) is 54.9 Å². The molecule has 4 aromatic rings. The second-order valence-electron chi connectivity index (χ2n) is 9.48. The molecule has 3 fully saturated rings. The van der Waals surface area contributed by atoms with E-state index < -0.39 is 0 Å². The van der Waals surface area contributed by atoms with Gasteiger partial charge in [0.05, 0.1) is 28.5 Å². The van der Waals surface area contributed by atoms with Gasteiger partial charge in [0.2, 0.25) is 5.88 Å². The second-order valence-corrected chi connectivity index (χ2v) is 10.3. The molecule has 8 nitrogen and oxygen atoms in total. The van der Waals surface area contributed by atoms with E-state index in [1.165, 1.54) is 7.11 Å². The lowest BCUT2D eigenvalue weighted by Crippen LogP contribution is -2.48. The standard InChI is InChI=1S/C27H26Cl2N6O2/c1-37-24-10-8-20(29)25(32-24)27(36)34-13-11-18-6-7-19(34)15-33(18)16-22-26(21-9-5-17(28)14-30-21)31-23-4-2-3-12-35(22)23/h2-5,8-10,12,14,18-19H,6-7,11,13,15-16H2,1H3. The van der Waals surface area contributed by atoms with Crippen LogP contribution in [0.4, 0.5) is 0 Å². The Morgan fingerprint density at radius 3 is 2.73 bits per heavy atom. The first-order chi connectivity index (χ1) is 18.0. The third-order valence-electron chi connectivity index (χ3n) is 7.38. The van der Waals surface area contributed by atoms with Crippen molar-refractivity contribution in [2.45, 2.75) is 37.9 Å². The van der Waals surface area contributed by atoms with E-state index in [4.69, 9.17) is 32.9 Å². The van der Waals surface area contributed by atoms with Gasteiger partial charge in [-0.05, 0) is 49.6 Å². The van der Waals surface area contributed by atoms with Crippen LogP contribution in [-0.2, 0) is 6.54 Å². The molecule has 10 heteroatoms. The molecule has 0 aliphatic carbocycles. The molecule has 7 rings (SSSR count). The lowest BCUT2D eigenvalue weighted by molar-refractivity contribution is 0.0597. The van der Waals surface area contributed by atoms with Crippen LogP contribution in [0.5, 0.6) is 5.88 Å². The minimum absolute atomic E-state index is 0.0756. The van der Waals surface area contributed by atoms with E-state index in [9.17, 15) is 4.79 Å². The molecule has 3 aliphatic rings. The average Bonchev–Trinajstić information content (AvgIpc) is 3.04. The number of aromatic nitrogens is 4. The maximum Gasteiger partial charge on any atom is 0.274 e. The highest BCUT2D eigenvalue weighted by molar-refractivity contribution is 6.33. The van der Waals surface area contributed by atoms with Crippen molar-refractivity contribution in [2.75, 3.05) is 20.2 Å². The van der Waals surface area contributed by atoms with Crippen LogP contribution in [0, 0.1) is 0 Å².